The first kappa shape index (κ1) is 28.1. The molecular weight excluding hydrogens is 499 g/mol. The number of guanidine groups is 1. The lowest BCUT2D eigenvalue weighted by Gasteiger charge is -2.19. The summed E-state index contributed by atoms with van der Waals surface area (Å²) in [6, 6.07) is 6.07. The molecule has 1 aromatic rings. The SMILES string of the molecule is CCN(CC)CCOc1ccc(CNC(=NC)NCCCCSC)cc1OC.I. The molecule has 0 fully saturated rings. The van der Waals surface area contributed by atoms with E-state index in [2.05, 4.69) is 46.7 Å². The molecule has 0 spiro atoms. The highest BCUT2D eigenvalue weighted by molar-refractivity contribution is 14.0. The maximum Gasteiger partial charge on any atom is 0.191 e. The lowest BCUT2D eigenvalue weighted by atomic mass is 10.2. The Hall–Kier alpha value is -0.870. The van der Waals surface area contributed by atoms with Crippen LogP contribution in [0.1, 0.15) is 32.3 Å². The van der Waals surface area contributed by atoms with Gasteiger partial charge in [-0.25, -0.2) is 0 Å². The number of hydrogen-bond acceptors (Lipinski definition) is 5. The van der Waals surface area contributed by atoms with Crippen molar-refractivity contribution >= 4 is 41.7 Å². The second-order valence-corrected chi connectivity index (χ2v) is 7.40. The lowest BCUT2D eigenvalue weighted by Crippen LogP contribution is -2.37. The van der Waals surface area contributed by atoms with Crippen molar-refractivity contribution in [2.45, 2.75) is 33.2 Å². The summed E-state index contributed by atoms with van der Waals surface area (Å²) in [6.07, 6.45) is 4.51. The Bertz CT molecular complexity index is 572. The fourth-order valence-electron chi connectivity index (χ4n) is 2.75. The number of ether oxygens (including phenoxy) is 2. The van der Waals surface area contributed by atoms with Crippen LogP contribution in [0.15, 0.2) is 23.2 Å². The highest BCUT2D eigenvalue weighted by Crippen LogP contribution is 2.28. The van der Waals surface area contributed by atoms with Crippen molar-refractivity contribution in [3.05, 3.63) is 23.8 Å². The molecule has 0 saturated heterocycles. The Kier molecular flexibility index (Phi) is 17.4. The number of halogens is 1. The van der Waals surface area contributed by atoms with Crippen LogP contribution in [0.4, 0.5) is 0 Å². The van der Waals surface area contributed by atoms with Crippen LogP contribution in [-0.2, 0) is 6.54 Å². The summed E-state index contributed by atoms with van der Waals surface area (Å²) >= 11 is 1.89. The lowest BCUT2D eigenvalue weighted by molar-refractivity contribution is 0.217. The van der Waals surface area contributed by atoms with E-state index in [0.717, 1.165) is 55.6 Å². The van der Waals surface area contributed by atoms with Crippen molar-refractivity contribution < 1.29 is 9.47 Å². The van der Waals surface area contributed by atoms with Crippen molar-refractivity contribution in [2.24, 2.45) is 4.99 Å². The minimum Gasteiger partial charge on any atom is -0.493 e. The third-order valence-electron chi connectivity index (χ3n) is 4.54. The van der Waals surface area contributed by atoms with E-state index in [1.165, 1.54) is 12.2 Å². The minimum atomic E-state index is 0. The zero-order chi connectivity index (χ0) is 20.6. The van der Waals surface area contributed by atoms with Gasteiger partial charge in [0.05, 0.1) is 7.11 Å². The Morgan fingerprint density at radius 1 is 1.14 bits per heavy atom. The summed E-state index contributed by atoms with van der Waals surface area (Å²) in [6.45, 7) is 9.59. The van der Waals surface area contributed by atoms with Gasteiger partial charge in [-0.15, -0.1) is 24.0 Å². The molecule has 6 nitrogen and oxygen atoms in total. The zero-order valence-corrected chi connectivity index (χ0v) is 21.8. The van der Waals surface area contributed by atoms with Crippen LogP contribution in [0.5, 0.6) is 11.5 Å². The van der Waals surface area contributed by atoms with Gasteiger partial charge in [-0.2, -0.15) is 11.8 Å². The third kappa shape index (κ3) is 11.8. The number of likely N-dealkylation sites (N-methyl/N-ethyl adjacent to an activating group) is 1. The summed E-state index contributed by atoms with van der Waals surface area (Å²) in [5.74, 6) is 3.58. The van der Waals surface area contributed by atoms with Crippen molar-refractivity contribution in [1.29, 1.82) is 0 Å². The Balaban J connectivity index is 0.00000784. The second kappa shape index (κ2) is 17.9. The van der Waals surface area contributed by atoms with E-state index in [0.29, 0.717) is 13.2 Å². The predicted molar refractivity (Wildman–Crippen MR) is 138 cm³/mol. The van der Waals surface area contributed by atoms with Gasteiger partial charge in [0.1, 0.15) is 6.61 Å². The van der Waals surface area contributed by atoms with Gasteiger partial charge >= 0.3 is 0 Å². The summed E-state index contributed by atoms with van der Waals surface area (Å²) in [4.78, 5) is 6.62. The first-order valence-electron chi connectivity index (χ1n) is 10.1. The molecule has 8 heteroatoms. The number of rotatable bonds is 14. The van der Waals surface area contributed by atoms with E-state index in [1.54, 1.807) is 14.2 Å². The average Bonchev–Trinajstić information content (AvgIpc) is 2.73. The van der Waals surface area contributed by atoms with E-state index in [9.17, 15) is 0 Å². The fourth-order valence-corrected chi connectivity index (χ4v) is 3.24. The van der Waals surface area contributed by atoms with Gasteiger partial charge in [0.25, 0.3) is 0 Å². The summed E-state index contributed by atoms with van der Waals surface area (Å²) < 4.78 is 11.4. The molecule has 168 valence electrons. The molecule has 0 bridgehead atoms. The minimum absolute atomic E-state index is 0. The van der Waals surface area contributed by atoms with Gasteiger partial charge in [-0.05, 0) is 55.6 Å². The molecule has 0 radical (unpaired) electrons. The Morgan fingerprint density at radius 2 is 1.90 bits per heavy atom. The monoisotopic (exact) mass is 538 g/mol. The topological polar surface area (TPSA) is 58.1 Å². The predicted octanol–water partition coefficient (Wildman–Crippen LogP) is 3.84. The van der Waals surface area contributed by atoms with Gasteiger partial charge in [-0.3, -0.25) is 4.99 Å². The molecule has 0 amide bonds. The number of aliphatic imine (C=N–C) groups is 1. The van der Waals surface area contributed by atoms with Gasteiger partial charge in [0.2, 0.25) is 0 Å². The highest BCUT2D eigenvalue weighted by atomic mass is 127. The number of thioether (sulfide) groups is 1. The molecule has 0 aliphatic carbocycles. The summed E-state index contributed by atoms with van der Waals surface area (Å²) in [5, 5.41) is 6.71. The quantitative estimate of drug-likeness (QED) is 0.163. The molecule has 0 aliphatic heterocycles. The van der Waals surface area contributed by atoms with E-state index < -0.39 is 0 Å². The first-order chi connectivity index (χ1) is 13.7. The van der Waals surface area contributed by atoms with Crippen molar-refractivity contribution in [2.75, 3.05) is 59.0 Å². The largest absolute Gasteiger partial charge is 0.493 e. The smallest absolute Gasteiger partial charge is 0.191 e. The van der Waals surface area contributed by atoms with Crippen LogP contribution in [0.25, 0.3) is 0 Å². The van der Waals surface area contributed by atoms with Gasteiger partial charge in [-0.1, -0.05) is 19.9 Å². The normalized spacial score (nSPS) is 11.2. The van der Waals surface area contributed by atoms with E-state index in [1.807, 2.05) is 23.9 Å². The number of nitrogens with one attached hydrogen (secondary N) is 2. The number of unbranched alkanes of at least 4 members (excludes halogenated alkanes) is 1. The van der Waals surface area contributed by atoms with Gasteiger partial charge in [0, 0.05) is 26.7 Å². The van der Waals surface area contributed by atoms with Crippen LogP contribution in [0.3, 0.4) is 0 Å². The molecule has 0 aliphatic rings. The molecule has 0 saturated carbocycles. The molecule has 1 aromatic carbocycles. The molecule has 1 rings (SSSR count). The summed E-state index contributed by atoms with van der Waals surface area (Å²) in [7, 11) is 3.48. The molecule has 29 heavy (non-hydrogen) atoms. The highest BCUT2D eigenvalue weighted by Gasteiger charge is 2.08. The zero-order valence-electron chi connectivity index (χ0n) is 18.6. The van der Waals surface area contributed by atoms with Crippen molar-refractivity contribution in [3.8, 4) is 11.5 Å². The summed E-state index contributed by atoms with van der Waals surface area (Å²) in [5.41, 5.74) is 1.12. The van der Waals surface area contributed by atoms with Crippen molar-refractivity contribution in [3.63, 3.8) is 0 Å². The molecular formula is C21H39IN4O2S. The third-order valence-corrected chi connectivity index (χ3v) is 5.24. The van der Waals surface area contributed by atoms with Crippen LogP contribution >= 0.6 is 35.7 Å². The molecule has 2 N–H and O–H groups in total. The maximum atomic E-state index is 5.92. The average molecular weight is 539 g/mol. The first-order valence-corrected chi connectivity index (χ1v) is 11.5. The van der Waals surface area contributed by atoms with Gasteiger partial charge in [0.15, 0.2) is 17.5 Å². The Morgan fingerprint density at radius 3 is 2.52 bits per heavy atom. The number of hydrogen-bond donors (Lipinski definition) is 2. The van der Waals surface area contributed by atoms with E-state index >= 15 is 0 Å². The standard InChI is InChI=1S/C21H38N4O2S.HI/c1-6-25(7-2)13-14-27-19-11-10-18(16-20(19)26-4)17-24-21(22-3)23-12-8-9-15-28-5;/h10-11,16H,6-9,12-15,17H2,1-5H3,(H2,22,23,24);1H. The second-order valence-electron chi connectivity index (χ2n) is 6.41. The molecule has 0 unspecified atom stereocenters. The number of methoxy groups -OCH3 is 1. The van der Waals surface area contributed by atoms with E-state index in [4.69, 9.17) is 9.47 Å². The molecule has 0 heterocycles. The van der Waals surface area contributed by atoms with Crippen molar-refractivity contribution in [1.82, 2.24) is 15.5 Å². The molecule has 0 aromatic heterocycles. The van der Waals surface area contributed by atoms with Crippen LogP contribution < -0.4 is 20.1 Å². The molecule has 0 atom stereocenters. The van der Waals surface area contributed by atoms with Gasteiger partial charge < -0.3 is 25.0 Å². The number of nitrogens with zero attached hydrogens (tertiary/aromatic N) is 2. The number of benzene rings is 1. The van der Waals surface area contributed by atoms with E-state index in [-0.39, 0.29) is 24.0 Å². The maximum absolute atomic E-state index is 5.92. The fraction of sp³-hybridized carbons (Fsp3) is 0.667. The van der Waals surface area contributed by atoms with Crippen LogP contribution in [-0.4, -0.2) is 69.8 Å². The Labute approximate surface area is 198 Å². The van der Waals surface area contributed by atoms with Crippen LogP contribution in [0.2, 0.25) is 0 Å². The van der Waals surface area contributed by atoms with Crippen LogP contribution in [0, 0.1) is 0 Å².